The summed E-state index contributed by atoms with van der Waals surface area (Å²) in [6, 6.07) is 6.45. The van der Waals surface area contributed by atoms with Crippen molar-refractivity contribution in [2.24, 2.45) is 11.8 Å². The van der Waals surface area contributed by atoms with Crippen LogP contribution in [0.5, 0.6) is 5.75 Å². The standard InChI is InChI=1S/C15H26N2O2/c1-11-5-6-15(19-4)13(7-11)9-14(17-16)8-12(2)10-18-3/h5-7,12,14,17H,8-10,16H2,1-4H3. The molecule has 19 heavy (non-hydrogen) atoms. The predicted octanol–water partition coefficient (Wildman–Crippen LogP) is 2.05. The Kier molecular flexibility index (Phi) is 6.84. The van der Waals surface area contributed by atoms with Gasteiger partial charge in [0.05, 0.1) is 7.11 Å². The predicted molar refractivity (Wildman–Crippen MR) is 78.2 cm³/mol. The Morgan fingerprint density at radius 1 is 1.32 bits per heavy atom. The van der Waals surface area contributed by atoms with Crippen molar-refractivity contribution in [2.45, 2.75) is 32.7 Å². The molecular weight excluding hydrogens is 240 g/mol. The molecule has 0 saturated heterocycles. The molecule has 1 aromatic carbocycles. The summed E-state index contributed by atoms with van der Waals surface area (Å²) < 4.78 is 10.6. The molecule has 0 bridgehead atoms. The summed E-state index contributed by atoms with van der Waals surface area (Å²) >= 11 is 0. The largest absolute Gasteiger partial charge is 0.496 e. The molecule has 0 aliphatic heterocycles. The zero-order valence-electron chi connectivity index (χ0n) is 12.4. The molecule has 1 aromatic rings. The molecule has 0 saturated carbocycles. The van der Waals surface area contributed by atoms with E-state index >= 15 is 0 Å². The second-order valence-corrected chi connectivity index (χ2v) is 5.18. The molecule has 0 spiro atoms. The van der Waals surface area contributed by atoms with Gasteiger partial charge in [-0.3, -0.25) is 11.3 Å². The lowest BCUT2D eigenvalue weighted by atomic mass is 9.96. The van der Waals surface area contributed by atoms with Crippen molar-refractivity contribution in [1.29, 1.82) is 0 Å². The van der Waals surface area contributed by atoms with Crippen LogP contribution in [0.25, 0.3) is 0 Å². The van der Waals surface area contributed by atoms with Crippen LogP contribution in [-0.2, 0) is 11.2 Å². The normalized spacial score (nSPS) is 14.2. The lowest BCUT2D eigenvalue weighted by Crippen LogP contribution is -2.38. The molecular formula is C15H26N2O2. The van der Waals surface area contributed by atoms with Crippen LogP contribution < -0.4 is 16.0 Å². The third-order valence-electron chi connectivity index (χ3n) is 3.28. The lowest BCUT2D eigenvalue weighted by Gasteiger charge is -2.21. The number of rotatable bonds is 8. The molecule has 0 heterocycles. The molecule has 0 aliphatic rings. The van der Waals surface area contributed by atoms with Gasteiger partial charge in [-0.2, -0.15) is 0 Å². The van der Waals surface area contributed by atoms with Crippen molar-refractivity contribution in [1.82, 2.24) is 5.43 Å². The fraction of sp³-hybridized carbons (Fsp3) is 0.600. The molecule has 3 N–H and O–H groups in total. The molecule has 0 aromatic heterocycles. The second-order valence-electron chi connectivity index (χ2n) is 5.18. The van der Waals surface area contributed by atoms with Gasteiger partial charge in [-0.1, -0.05) is 24.6 Å². The van der Waals surface area contributed by atoms with Gasteiger partial charge in [-0.25, -0.2) is 0 Å². The van der Waals surface area contributed by atoms with E-state index in [1.165, 1.54) is 11.1 Å². The first kappa shape index (κ1) is 16.0. The maximum atomic E-state index is 5.66. The quantitative estimate of drug-likeness (QED) is 0.558. The highest BCUT2D eigenvalue weighted by molar-refractivity contribution is 5.37. The molecule has 0 amide bonds. The summed E-state index contributed by atoms with van der Waals surface area (Å²) in [7, 11) is 3.43. The summed E-state index contributed by atoms with van der Waals surface area (Å²) in [5, 5.41) is 0. The van der Waals surface area contributed by atoms with Crippen LogP contribution in [0.1, 0.15) is 24.5 Å². The number of methoxy groups -OCH3 is 2. The first-order valence-corrected chi connectivity index (χ1v) is 6.69. The highest BCUT2D eigenvalue weighted by Crippen LogP contribution is 2.22. The van der Waals surface area contributed by atoms with Crippen molar-refractivity contribution in [3.63, 3.8) is 0 Å². The number of ether oxygens (including phenoxy) is 2. The Morgan fingerprint density at radius 3 is 2.63 bits per heavy atom. The first-order valence-electron chi connectivity index (χ1n) is 6.69. The molecule has 0 fully saturated rings. The van der Waals surface area contributed by atoms with E-state index in [4.69, 9.17) is 15.3 Å². The van der Waals surface area contributed by atoms with Gasteiger partial charge < -0.3 is 9.47 Å². The van der Waals surface area contributed by atoms with E-state index in [1.54, 1.807) is 14.2 Å². The molecule has 108 valence electrons. The number of aryl methyl sites for hydroxylation is 1. The van der Waals surface area contributed by atoms with Crippen LogP contribution in [0.15, 0.2) is 18.2 Å². The number of benzene rings is 1. The van der Waals surface area contributed by atoms with E-state index in [2.05, 4.69) is 31.4 Å². The highest BCUT2D eigenvalue weighted by atomic mass is 16.5. The van der Waals surface area contributed by atoms with E-state index in [-0.39, 0.29) is 6.04 Å². The van der Waals surface area contributed by atoms with Gasteiger partial charge in [-0.05, 0) is 37.3 Å². The van der Waals surface area contributed by atoms with Crippen LogP contribution in [0.2, 0.25) is 0 Å². The fourth-order valence-electron chi connectivity index (χ4n) is 2.38. The smallest absolute Gasteiger partial charge is 0.122 e. The zero-order chi connectivity index (χ0) is 14.3. The van der Waals surface area contributed by atoms with Crippen molar-refractivity contribution in [2.75, 3.05) is 20.8 Å². The van der Waals surface area contributed by atoms with Gasteiger partial charge >= 0.3 is 0 Å². The van der Waals surface area contributed by atoms with Gasteiger partial charge in [0.2, 0.25) is 0 Å². The van der Waals surface area contributed by atoms with Crippen molar-refractivity contribution >= 4 is 0 Å². The van der Waals surface area contributed by atoms with Gasteiger partial charge in [-0.15, -0.1) is 0 Å². The van der Waals surface area contributed by atoms with E-state index < -0.39 is 0 Å². The van der Waals surface area contributed by atoms with Crippen LogP contribution >= 0.6 is 0 Å². The van der Waals surface area contributed by atoms with Crippen molar-refractivity contribution < 1.29 is 9.47 Å². The van der Waals surface area contributed by atoms with Crippen molar-refractivity contribution in [3.05, 3.63) is 29.3 Å². The summed E-state index contributed by atoms with van der Waals surface area (Å²) in [6.45, 7) is 5.01. The summed E-state index contributed by atoms with van der Waals surface area (Å²) in [5.41, 5.74) is 5.32. The van der Waals surface area contributed by atoms with Gasteiger partial charge in [0.25, 0.3) is 0 Å². The van der Waals surface area contributed by atoms with Gasteiger partial charge in [0, 0.05) is 19.8 Å². The maximum Gasteiger partial charge on any atom is 0.122 e. The number of hydrogen-bond donors (Lipinski definition) is 2. The van der Waals surface area contributed by atoms with E-state index in [0.717, 1.165) is 25.2 Å². The molecule has 0 radical (unpaired) electrons. The summed E-state index contributed by atoms with van der Waals surface area (Å²) in [6.07, 6.45) is 1.83. The highest BCUT2D eigenvalue weighted by Gasteiger charge is 2.15. The number of hydrogen-bond acceptors (Lipinski definition) is 4. The molecule has 0 aliphatic carbocycles. The number of nitrogens with one attached hydrogen (secondary N) is 1. The Bertz CT molecular complexity index is 382. The van der Waals surface area contributed by atoms with Crippen LogP contribution in [0.4, 0.5) is 0 Å². The number of nitrogens with two attached hydrogens (primary N) is 1. The topological polar surface area (TPSA) is 56.5 Å². The van der Waals surface area contributed by atoms with E-state index in [0.29, 0.717) is 5.92 Å². The third kappa shape index (κ3) is 5.19. The van der Waals surface area contributed by atoms with Crippen LogP contribution in [0.3, 0.4) is 0 Å². The SMILES string of the molecule is COCC(C)CC(Cc1cc(C)ccc1OC)NN. The van der Waals surface area contributed by atoms with Crippen LogP contribution in [-0.4, -0.2) is 26.9 Å². The minimum atomic E-state index is 0.223. The van der Waals surface area contributed by atoms with Crippen LogP contribution in [0, 0.1) is 12.8 Å². The second kappa shape index (κ2) is 8.15. The molecule has 1 rings (SSSR count). The van der Waals surface area contributed by atoms with E-state index in [1.807, 2.05) is 6.07 Å². The fourth-order valence-corrected chi connectivity index (χ4v) is 2.38. The maximum absolute atomic E-state index is 5.66. The Hall–Kier alpha value is -1.10. The average Bonchev–Trinajstić information content (AvgIpc) is 2.38. The van der Waals surface area contributed by atoms with E-state index in [9.17, 15) is 0 Å². The van der Waals surface area contributed by atoms with Crippen molar-refractivity contribution in [3.8, 4) is 5.75 Å². The summed E-state index contributed by atoms with van der Waals surface area (Å²) in [5.74, 6) is 7.06. The Balaban J connectivity index is 2.72. The zero-order valence-corrected chi connectivity index (χ0v) is 12.4. The van der Waals surface area contributed by atoms with Gasteiger partial charge in [0.15, 0.2) is 0 Å². The molecule has 2 atom stereocenters. The monoisotopic (exact) mass is 266 g/mol. The third-order valence-corrected chi connectivity index (χ3v) is 3.28. The molecule has 4 heteroatoms. The minimum Gasteiger partial charge on any atom is -0.496 e. The average molecular weight is 266 g/mol. The first-order chi connectivity index (χ1) is 9.10. The minimum absolute atomic E-state index is 0.223. The summed E-state index contributed by atoms with van der Waals surface area (Å²) in [4.78, 5) is 0. The Labute approximate surface area is 116 Å². The number of hydrazine groups is 1. The lowest BCUT2D eigenvalue weighted by molar-refractivity contribution is 0.149. The van der Waals surface area contributed by atoms with Gasteiger partial charge in [0.1, 0.15) is 5.75 Å². The molecule has 2 unspecified atom stereocenters. The molecule has 4 nitrogen and oxygen atoms in total. The Morgan fingerprint density at radius 2 is 2.05 bits per heavy atom.